The number of nitrogens with zero attached hydrogens (tertiary/aromatic N) is 3. The third kappa shape index (κ3) is 5.38. The number of aryl methyl sites for hydroxylation is 1. The summed E-state index contributed by atoms with van der Waals surface area (Å²) in [5.41, 5.74) is 2.39. The standard InChI is InChI=1S/C30H32FN3O2/c1-4-5-6-9-18-33(29(35)23-13-11-14-24(31)20-23)22(3)28-32-27-17-8-7-16-26(27)30(36)34(28)25-15-10-12-21(2)19-25/h7-8,10-17,19-20,22H,4-6,9,18H2,1-3H3. The molecule has 0 saturated heterocycles. The van der Waals surface area contributed by atoms with E-state index in [-0.39, 0.29) is 17.0 Å². The minimum absolute atomic E-state index is 0.183. The van der Waals surface area contributed by atoms with Gasteiger partial charge < -0.3 is 4.90 Å². The van der Waals surface area contributed by atoms with Crippen molar-refractivity contribution in [1.82, 2.24) is 14.5 Å². The molecule has 1 heterocycles. The lowest BCUT2D eigenvalue weighted by molar-refractivity contribution is 0.0676. The molecule has 6 heteroatoms. The van der Waals surface area contributed by atoms with Crippen molar-refractivity contribution >= 4 is 16.8 Å². The minimum Gasteiger partial charge on any atom is -0.329 e. The monoisotopic (exact) mass is 485 g/mol. The predicted octanol–water partition coefficient (Wildman–Crippen LogP) is 6.62. The zero-order valence-corrected chi connectivity index (χ0v) is 21.1. The SMILES string of the molecule is CCCCCCN(C(=O)c1cccc(F)c1)C(C)c1nc2ccccc2c(=O)n1-c1cccc(C)c1. The Hall–Kier alpha value is -3.80. The Balaban J connectivity index is 1.86. The van der Waals surface area contributed by atoms with Crippen LogP contribution in [0.4, 0.5) is 4.39 Å². The molecule has 0 saturated carbocycles. The Morgan fingerprint density at radius 3 is 2.53 bits per heavy atom. The molecule has 3 aromatic carbocycles. The summed E-state index contributed by atoms with van der Waals surface area (Å²) in [5.74, 6) is -0.263. The van der Waals surface area contributed by atoms with Gasteiger partial charge in [-0.25, -0.2) is 9.37 Å². The van der Waals surface area contributed by atoms with E-state index >= 15 is 0 Å². The second-order valence-corrected chi connectivity index (χ2v) is 9.21. The first-order valence-corrected chi connectivity index (χ1v) is 12.6. The van der Waals surface area contributed by atoms with Crippen LogP contribution in [0.25, 0.3) is 16.6 Å². The summed E-state index contributed by atoms with van der Waals surface area (Å²) in [4.78, 5) is 34.0. The smallest absolute Gasteiger partial charge is 0.266 e. The molecule has 5 nitrogen and oxygen atoms in total. The van der Waals surface area contributed by atoms with Crippen LogP contribution in [-0.2, 0) is 0 Å². The van der Waals surface area contributed by atoms with Gasteiger partial charge in [-0.2, -0.15) is 0 Å². The molecule has 0 aliphatic carbocycles. The van der Waals surface area contributed by atoms with Crippen molar-refractivity contribution in [3.63, 3.8) is 0 Å². The van der Waals surface area contributed by atoms with E-state index in [0.717, 1.165) is 31.2 Å². The lowest BCUT2D eigenvalue weighted by atomic mass is 10.1. The lowest BCUT2D eigenvalue weighted by Gasteiger charge is -2.31. The molecule has 0 radical (unpaired) electrons. The van der Waals surface area contributed by atoms with Crippen LogP contribution in [0.1, 0.15) is 67.3 Å². The molecule has 0 aliphatic heterocycles. The summed E-state index contributed by atoms with van der Waals surface area (Å²) in [6, 6.07) is 20.2. The van der Waals surface area contributed by atoms with Gasteiger partial charge in [0.1, 0.15) is 11.6 Å². The molecule has 1 unspecified atom stereocenters. The Kier molecular flexibility index (Phi) is 7.93. The molecule has 0 spiro atoms. The fourth-order valence-electron chi connectivity index (χ4n) is 4.55. The molecule has 1 atom stereocenters. The van der Waals surface area contributed by atoms with Gasteiger partial charge in [0, 0.05) is 12.1 Å². The molecule has 4 rings (SSSR count). The third-order valence-electron chi connectivity index (χ3n) is 6.49. The highest BCUT2D eigenvalue weighted by Gasteiger charge is 2.27. The summed E-state index contributed by atoms with van der Waals surface area (Å²) in [6.45, 7) is 6.48. The number of para-hydroxylation sites is 1. The van der Waals surface area contributed by atoms with Crippen molar-refractivity contribution < 1.29 is 9.18 Å². The van der Waals surface area contributed by atoms with Gasteiger partial charge in [-0.05, 0) is 68.3 Å². The summed E-state index contributed by atoms with van der Waals surface area (Å²) in [7, 11) is 0. The van der Waals surface area contributed by atoms with Crippen LogP contribution in [-0.4, -0.2) is 26.9 Å². The molecule has 0 N–H and O–H groups in total. The molecule has 4 aromatic rings. The number of hydrogen-bond donors (Lipinski definition) is 0. The van der Waals surface area contributed by atoms with E-state index in [2.05, 4.69) is 6.92 Å². The van der Waals surface area contributed by atoms with Gasteiger partial charge in [-0.15, -0.1) is 0 Å². The maximum Gasteiger partial charge on any atom is 0.266 e. The van der Waals surface area contributed by atoms with E-state index in [9.17, 15) is 14.0 Å². The maximum absolute atomic E-state index is 14.0. The van der Waals surface area contributed by atoms with E-state index in [1.807, 2.05) is 56.3 Å². The molecule has 0 fully saturated rings. The first-order chi connectivity index (χ1) is 17.4. The number of benzene rings is 3. The van der Waals surface area contributed by atoms with Gasteiger partial charge in [-0.3, -0.25) is 14.2 Å². The first-order valence-electron chi connectivity index (χ1n) is 12.6. The Morgan fingerprint density at radius 2 is 1.78 bits per heavy atom. The van der Waals surface area contributed by atoms with E-state index < -0.39 is 11.9 Å². The average molecular weight is 486 g/mol. The van der Waals surface area contributed by atoms with Crippen LogP contribution >= 0.6 is 0 Å². The summed E-state index contributed by atoms with van der Waals surface area (Å²) in [5, 5.41) is 0.515. The number of hydrogen-bond acceptors (Lipinski definition) is 3. The van der Waals surface area contributed by atoms with Crippen molar-refractivity contribution in [1.29, 1.82) is 0 Å². The highest BCUT2D eigenvalue weighted by atomic mass is 19.1. The average Bonchev–Trinajstić information content (AvgIpc) is 2.88. The number of unbranched alkanes of at least 4 members (excludes halogenated alkanes) is 3. The van der Waals surface area contributed by atoms with Gasteiger partial charge in [0.15, 0.2) is 0 Å². The van der Waals surface area contributed by atoms with E-state index in [1.165, 1.54) is 12.1 Å². The first kappa shape index (κ1) is 25.3. The van der Waals surface area contributed by atoms with Crippen LogP contribution in [0.15, 0.2) is 77.6 Å². The van der Waals surface area contributed by atoms with E-state index in [1.54, 1.807) is 27.7 Å². The molecule has 36 heavy (non-hydrogen) atoms. The van der Waals surface area contributed by atoms with Gasteiger partial charge in [0.25, 0.3) is 11.5 Å². The second-order valence-electron chi connectivity index (χ2n) is 9.21. The lowest BCUT2D eigenvalue weighted by Crippen LogP contribution is -2.38. The Labute approximate surface area is 211 Å². The highest BCUT2D eigenvalue weighted by molar-refractivity contribution is 5.94. The highest BCUT2D eigenvalue weighted by Crippen LogP contribution is 2.25. The quantitative estimate of drug-likeness (QED) is 0.251. The molecular formula is C30H32FN3O2. The predicted molar refractivity (Wildman–Crippen MR) is 142 cm³/mol. The topological polar surface area (TPSA) is 55.2 Å². The van der Waals surface area contributed by atoms with Crippen LogP contribution < -0.4 is 5.56 Å². The summed E-state index contributed by atoms with van der Waals surface area (Å²) < 4.78 is 15.6. The summed E-state index contributed by atoms with van der Waals surface area (Å²) in [6.07, 6.45) is 3.93. The molecule has 186 valence electrons. The van der Waals surface area contributed by atoms with Crippen LogP contribution in [0.3, 0.4) is 0 Å². The Morgan fingerprint density at radius 1 is 1.00 bits per heavy atom. The maximum atomic E-state index is 14.0. The number of amides is 1. The largest absolute Gasteiger partial charge is 0.329 e. The molecule has 0 bridgehead atoms. The van der Waals surface area contributed by atoms with Crippen molar-refractivity contribution in [3.8, 4) is 5.69 Å². The van der Waals surface area contributed by atoms with Crippen molar-refractivity contribution in [2.45, 2.75) is 52.5 Å². The van der Waals surface area contributed by atoms with Gasteiger partial charge in [0.2, 0.25) is 0 Å². The minimum atomic E-state index is -0.528. The van der Waals surface area contributed by atoms with Crippen molar-refractivity contribution in [2.75, 3.05) is 6.54 Å². The number of halogens is 1. The zero-order chi connectivity index (χ0) is 25.7. The molecule has 1 aromatic heterocycles. The fraction of sp³-hybridized carbons (Fsp3) is 0.300. The van der Waals surface area contributed by atoms with Crippen LogP contribution in [0, 0.1) is 12.7 Å². The molecule has 1 amide bonds. The van der Waals surface area contributed by atoms with Crippen molar-refractivity contribution in [2.24, 2.45) is 0 Å². The normalized spacial score (nSPS) is 12.0. The zero-order valence-electron chi connectivity index (χ0n) is 21.1. The number of carbonyl (C=O) groups excluding carboxylic acids is 1. The second kappa shape index (κ2) is 11.3. The van der Waals surface area contributed by atoms with E-state index in [4.69, 9.17) is 4.98 Å². The van der Waals surface area contributed by atoms with E-state index in [0.29, 0.717) is 29.0 Å². The third-order valence-corrected chi connectivity index (χ3v) is 6.49. The fourth-order valence-corrected chi connectivity index (χ4v) is 4.55. The Bertz CT molecular complexity index is 1430. The number of rotatable bonds is 9. The van der Waals surface area contributed by atoms with Crippen LogP contribution in [0.2, 0.25) is 0 Å². The van der Waals surface area contributed by atoms with Gasteiger partial charge in [-0.1, -0.05) is 56.5 Å². The number of aromatic nitrogens is 2. The molecular weight excluding hydrogens is 453 g/mol. The number of carbonyl (C=O) groups is 1. The van der Waals surface area contributed by atoms with Crippen LogP contribution in [0.5, 0.6) is 0 Å². The molecule has 0 aliphatic rings. The summed E-state index contributed by atoms with van der Waals surface area (Å²) >= 11 is 0. The van der Waals surface area contributed by atoms with Gasteiger partial charge in [0.05, 0.1) is 22.6 Å². The number of fused-ring (bicyclic) bond motifs is 1. The van der Waals surface area contributed by atoms with Crippen molar-refractivity contribution in [3.05, 3.63) is 106 Å². The van der Waals surface area contributed by atoms with Gasteiger partial charge >= 0.3 is 0 Å².